The van der Waals surface area contributed by atoms with Gasteiger partial charge in [-0.3, -0.25) is 10.1 Å². The minimum atomic E-state index is -0.425. The number of hydrogen-bond acceptors (Lipinski definition) is 5. The first kappa shape index (κ1) is 13.2. The summed E-state index contributed by atoms with van der Waals surface area (Å²) < 4.78 is 1.60. The topological polar surface area (TPSA) is 85.9 Å². The first-order valence-corrected chi connectivity index (χ1v) is 6.07. The van der Waals surface area contributed by atoms with Gasteiger partial charge in [-0.1, -0.05) is 12.1 Å². The van der Waals surface area contributed by atoms with Gasteiger partial charge in [0, 0.05) is 18.7 Å². The zero-order valence-electron chi connectivity index (χ0n) is 10.6. The van der Waals surface area contributed by atoms with E-state index in [9.17, 15) is 10.1 Å². The van der Waals surface area contributed by atoms with Crippen molar-refractivity contribution in [3.8, 4) is 5.69 Å². The first-order chi connectivity index (χ1) is 9.20. The molecule has 1 aromatic carbocycles. The molecule has 0 saturated heterocycles. The molecule has 100 valence electrons. The second kappa shape index (κ2) is 6.05. The molecule has 0 radical (unpaired) electrons. The van der Waals surface area contributed by atoms with Crippen LogP contribution in [0.4, 0.5) is 5.69 Å². The molecular weight excluding hydrogens is 246 g/mol. The molecule has 2 rings (SSSR count). The molecule has 19 heavy (non-hydrogen) atoms. The third kappa shape index (κ3) is 3.35. The molecule has 0 spiro atoms. The molecule has 0 aliphatic rings. The zero-order valence-corrected chi connectivity index (χ0v) is 10.6. The van der Waals surface area contributed by atoms with E-state index in [2.05, 4.69) is 22.6 Å². The third-order valence-electron chi connectivity index (χ3n) is 2.60. The monoisotopic (exact) mass is 261 g/mol. The molecular formula is C12H15N5O2. The summed E-state index contributed by atoms with van der Waals surface area (Å²) in [5, 5.41) is 21.8. The quantitative estimate of drug-likeness (QED) is 0.485. The second-order valence-electron chi connectivity index (χ2n) is 4.10. The fourth-order valence-electron chi connectivity index (χ4n) is 1.63. The number of benzene rings is 1. The maximum absolute atomic E-state index is 10.6. The van der Waals surface area contributed by atoms with Crippen LogP contribution in [0.2, 0.25) is 0 Å². The standard InChI is InChI=1S/C12H15N5O2/c1-2-7-13-8-10-9-16(15-14-10)11-3-5-12(6-4-11)17(18)19/h3-6,9,13H,2,7-8H2,1H3. The largest absolute Gasteiger partial charge is 0.311 e. The molecule has 1 heterocycles. The van der Waals surface area contributed by atoms with E-state index in [4.69, 9.17) is 0 Å². The van der Waals surface area contributed by atoms with Crippen LogP contribution in [0.3, 0.4) is 0 Å². The van der Waals surface area contributed by atoms with Crippen LogP contribution in [0.5, 0.6) is 0 Å². The van der Waals surface area contributed by atoms with Crippen LogP contribution < -0.4 is 5.32 Å². The van der Waals surface area contributed by atoms with E-state index >= 15 is 0 Å². The summed E-state index contributed by atoms with van der Waals surface area (Å²) in [6.07, 6.45) is 2.88. The van der Waals surface area contributed by atoms with Crippen molar-refractivity contribution in [2.45, 2.75) is 19.9 Å². The minimum Gasteiger partial charge on any atom is -0.311 e. The van der Waals surface area contributed by atoms with Crippen LogP contribution >= 0.6 is 0 Å². The molecule has 7 nitrogen and oxygen atoms in total. The molecule has 0 atom stereocenters. The van der Waals surface area contributed by atoms with Crippen molar-refractivity contribution < 1.29 is 4.92 Å². The van der Waals surface area contributed by atoms with Crippen molar-refractivity contribution in [2.24, 2.45) is 0 Å². The van der Waals surface area contributed by atoms with Crippen LogP contribution in [0, 0.1) is 10.1 Å². The molecule has 0 bridgehead atoms. The van der Waals surface area contributed by atoms with Crippen molar-refractivity contribution in [2.75, 3.05) is 6.54 Å². The average molecular weight is 261 g/mol. The van der Waals surface area contributed by atoms with Gasteiger partial charge in [0.1, 0.15) is 0 Å². The lowest BCUT2D eigenvalue weighted by molar-refractivity contribution is -0.384. The van der Waals surface area contributed by atoms with Gasteiger partial charge >= 0.3 is 0 Å². The summed E-state index contributed by atoms with van der Waals surface area (Å²) in [6.45, 7) is 3.70. The number of aromatic nitrogens is 3. The molecule has 0 amide bonds. The molecule has 0 saturated carbocycles. The number of rotatable bonds is 6. The normalized spacial score (nSPS) is 10.6. The van der Waals surface area contributed by atoms with Gasteiger partial charge in [0.2, 0.25) is 0 Å². The lowest BCUT2D eigenvalue weighted by atomic mass is 10.3. The van der Waals surface area contributed by atoms with Crippen molar-refractivity contribution >= 4 is 5.69 Å². The van der Waals surface area contributed by atoms with E-state index in [0.717, 1.165) is 24.3 Å². The highest BCUT2D eigenvalue weighted by Gasteiger charge is 2.06. The second-order valence-corrected chi connectivity index (χ2v) is 4.10. The summed E-state index contributed by atoms with van der Waals surface area (Å²) in [7, 11) is 0. The molecule has 7 heteroatoms. The van der Waals surface area contributed by atoms with Crippen molar-refractivity contribution in [3.63, 3.8) is 0 Å². The van der Waals surface area contributed by atoms with Gasteiger partial charge in [0.25, 0.3) is 5.69 Å². The summed E-state index contributed by atoms with van der Waals surface area (Å²) >= 11 is 0. The lowest BCUT2D eigenvalue weighted by Gasteiger charge is -1.99. The van der Waals surface area contributed by atoms with Crippen LogP contribution in [-0.2, 0) is 6.54 Å². The number of nitro groups is 1. The summed E-state index contributed by atoms with van der Waals surface area (Å²) in [5.74, 6) is 0. The summed E-state index contributed by atoms with van der Waals surface area (Å²) in [5.41, 5.74) is 1.65. The fourth-order valence-corrected chi connectivity index (χ4v) is 1.63. The highest BCUT2D eigenvalue weighted by atomic mass is 16.6. The Morgan fingerprint density at radius 2 is 2.11 bits per heavy atom. The van der Waals surface area contributed by atoms with E-state index in [0.29, 0.717) is 6.54 Å². The average Bonchev–Trinajstić information content (AvgIpc) is 2.88. The Hall–Kier alpha value is -2.28. The Morgan fingerprint density at radius 3 is 2.74 bits per heavy atom. The van der Waals surface area contributed by atoms with E-state index in [1.807, 2.05) is 6.20 Å². The van der Waals surface area contributed by atoms with Gasteiger partial charge < -0.3 is 5.32 Å². The van der Waals surface area contributed by atoms with E-state index < -0.39 is 4.92 Å². The number of nitrogens with one attached hydrogen (secondary N) is 1. The first-order valence-electron chi connectivity index (χ1n) is 6.07. The van der Waals surface area contributed by atoms with Gasteiger partial charge in [0.05, 0.1) is 22.5 Å². The molecule has 0 aliphatic heterocycles. The molecule has 1 N–H and O–H groups in total. The molecule has 2 aromatic rings. The van der Waals surface area contributed by atoms with E-state index in [1.165, 1.54) is 12.1 Å². The Labute approximate surface area is 110 Å². The maximum Gasteiger partial charge on any atom is 0.269 e. The Bertz CT molecular complexity index is 550. The van der Waals surface area contributed by atoms with Gasteiger partial charge in [-0.25, -0.2) is 4.68 Å². The highest BCUT2D eigenvalue weighted by Crippen LogP contribution is 2.14. The number of nitro benzene ring substituents is 1. The minimum absolute atomic E-state index is 0.0636. The van der Waals surface area contributed by atoms with Crippen LogP contribution in [-0.4, -0.2) is 26.5 Å². The Balaban J connectivity index is 2.07. The Morgan fingerprint density at radius 1 is 1.37 bits per heavy atom. The highest BCUT2D eigenvalue weighted by molar-refractivity contribution is 5.40. The van der Waals surface area contributed by atoms with Crippen molar-refractivity contribution in [1.29, 1.82) is 0 Å². The number of non-ortho nitro benzene ring substituents is 1. The predicted octanol–water partition coefficient (Wildman–Crippen LogP) is 1.68. The van der Waals surface area contributed by atoms with Gasteiger partial charge in [0.15, 0.2) is 0 Å². The van der Waals surface area contributed by atoms with E-state index in [-0.39, 0.29) is 5.69 Å². The number of hydrogen-bond donors (Lipinski definition) is 1. The van der Waals surface area contributed by atoms with Crippen LogP contribution in [0.1, 0.15) is 19.0 Å². The number of nitrogens with zero attached hydrogens (tertiary/aromatic N) is 4. The van der Waals surface area contributed by atoms with Crippen molar-refractivity contribution in [3.05, 3.63) is 46.3 Å². The van der Waals surface area contributed by atoms with E-state index in [1.54, 1.807) is 16.8 Å². The summed E-state index contributed by atoms with van der Waals surface area (Å²) in [4.78, 5) is 10.1. The zero-order chi connectivity index (χ0) is 13.7. The van der Waals surface area contributed by atoms with Gasteiger partial charge in [-0.2, -0.15) is 0 Å². The SMILES string of the molecule is CCCNCc1cn(-c2ccc([N+](=O)[O-])cc2)nn1. The lowest BCUT2D eigenvalue weighted by Crippen LogP contribution is -2.13. The predicted molar refractivity (Wildman–Crippen MR) is 70.0 cm³/mol. The molecule has 1 aromatic heterocycles. The van der Waals surface area contributed by atoms with Gasteiger partial charge in [-0.15, -0.1) is 5.10 Å². The fraction of sp³-hybridized carbons (Fsp3) is 0.333. The summed E-state index contributed by atoms with van der Waals surface area (Å²) in [6, 6.07) is 6.20. The smallest absolute Gasteiger partial charge is 0.269 e. The van der Waals surface area contributed by atoms with Crippen LogP contribution in [0.15, 0.2) is 30.5 Å². The van der Waals surface area contributed by atoms with Crippen molar-refractivity contribution in [1.82, 2.24) is 20.3 Å². The van der Waals surface area contributed by atoms with Gasteiger partial charge in [-0.05, 0) is 25.1 Å². The maximum atomic E-state index is 10.6. The van der Waals surface area contributed by atoms with Crippen LogP contribution in [0.25, 0.3) is 5.69 Å². The third-order valence-corrected chi connectivity index (χ3v) is 2.60. The Kier molecular flexibility index (Phi) is 4.19. The molecule has 0 unspecified atom stereocenters. The molecule has 0 aliphatic carbocycles. The molecule has 0 fully saturated rings.